The van der Waals surface area contributed by atoms with Gasteiger partial charge in [-0.2, -0.15) is 0 Å². The van der Waals surface area contributed by atoms with Gasteiger partial charge in [0.25, 0.3) is 5.91 Å². The van der Waals surface area contributed by atoms with Gasteiger partial charge in [0.1, 0.15) is 13.2 Å². The third kappa shape index (κ3) is 3.06. The number of amides is 1. The Hall–Kier alpha value is -2.01. The summed E-state index contributed by atoms with van der Waals surface area (Å²) in [6.45, 7) is 7.10. The lowest BCUT2D eigenvalue weighted by Gasteiger charge is -2.19. The molecule has 1 heterocycles. The zero-order chi connectivity index (χ0) is 16.6. The Labute approximate surface area is 143 Å². The Kier molecular flexibility index (Phi) is 4.31. The molecule has 0 radical (unpaired) electrons. The first-order chi connectivity index (χ1) is 11.0. The quantitative estimate of drug-likeness (QED) is 0.845. The maximum atomic E-state index is 12.6. The molecule has 0 aliphatic carbocycles. The van der Waals surface area contributed by atoms with E-state index >= 15 is 0 Å². The van der Waals surface area contributed by atoms with Gasteiger partial charge in [-0.3, -0.25) is 4.79 Å². The first-order valence-corrected chi connectivity index (χ1v) is 8.24. The van der Waals surface area contributed by atoms with Crippen molar-refractivity contribution in [3.05, 3.63) is 51.0 Å². The monoisotopic (exact) mass is 375 g/mol. The molecule has 0 atom stereocenters. The standard InChI is InChI=1S/C18H18BrNO3/c1-10-11(2)14(9-15(19)12(10)3)18(21)20-13-4-5-16-17(8-13)23-7-6-22-16/h4-5,8-9H,6-7H2,1-3H3,(H,20,21). The molecule has 23 heavy (non-hydrogen) atoms. The SMILES string of the molecule is Cc1c(Br)cc(C(=O)Nc2ccc3c(c2)OCCO3)c(C)c1C. The molecule has 5 heteroatoms. The minimum Gasteiger partial charge on any atom is -0.486 e. The fraction of sp³-hybridized carbons (Fsp3) is 0.278. The molecule has 0 fully saturated rings. The smallest absolute Gasteiger partial charge is 0.255 e. The van der Waals surface area contributed by atoms with Crippen LogP contribution in [0.3, 0.4) is 0 Å². The molecule has 0 unspecified atom stereocenters. The summed E-state index contributed by atoms with van der Waals surface area (Å²) in [5.41, 5.74) is 4.61. The average Bonchev–Trinajstić information content (AvgIpc) is 2.56. The number of anilines is 1. The topological polar surface area (TPSA) is 47.6 Å². The lowest BCUT2D eigenvalue weighted by atomic mass is 9.98. The molecule has 120 valence electrons. The zero-order valence-corrected chi connectivity index (χ0v) is 14.9. The van der Waals surface area contributed by atoms with Crippen LogP contribution in [0.25, 0.3) is 0 Å². The molecule has 1 aliphatic heterocycles. The predicted octanol–water partition coefficient (Wildman–Crippen LogP) is 4.40. The van der Waals surface area contributed by atoms with E-state index in [9.17, 15) is 4.79 Å². The fourth-order valence-corrected chi connectivity index (χ4v) is 3.09. The largest absolute Gasteiger partial charge is 0.486 e. The van der Waals surface area contributed by atoms with Gasteiger partial charge in [-0.15, -0.1) is 0 Å². The molecule has 4 nitrogen and oxygen atoms in total. The summed E-state index contributed by atoms with van der Waals surface area (Å²) in [7, 11) is 0. The molecule has 0 bridgehead atoms. The van der Waals surface area contributed by atoms with Crippen LogP contribution in [0.2, 0.25) is 0 Å². The van der Waals surface area contributed by atoms with Crippen LogP contribution < -0.4 is 14.8 Å². The average molecular weight is 376 g/mol. The summed E-state index contributed by atoms with van der Waals surface area (Å²) in [5, 5.41) is 2.93. The first kappa shape index (κ1) is 15.9. The van der Waals surface area contributed by atoms with Crippen LogP contribution >= 0.6 is 15.9 Å². The highest BCUT2D eigenvalue weighted by molar-refractivity contribution is 9.10. The van der Waals surface area contributed by atoms with Gasteiger partial charge in [0.05, 0.1) is 0 Å². The Morgan fingerprint density at radius 3 is 2.43 bits per heavy atom. The molecule has 0 saturated carbocycles. The van der Waals surface area contributed by atoms with E-state index in [0.29, 0.717) is 36.0 Å². The van der Waals surface area contributed by atoms with Crippen molar-refractivity contribution < 1.29 is 14.3 Å². The van der Waals surface area contributed by atoms with Gasteiger partial charge in [0.2, 0.25) is 0 Å². The van der Waals surface area contributed by atoms with E-state index < -0.39 is 0 Å². The molecule has 1 N–H and O–H groups in total. The molecular formula is C18H18BrNO3. The Morgan fingerprint density at radius 1 is 1.00 bits per heavy atom. The second-order valence-electron chi connectivity index (χ2n) is 5.59. The highest BCUT2D eigenvalue weighted by Gasteiger charge is 2.16. The summed E-state index contributed by atoms with van der Waals surface area (Å²) in [6, 6.07) is 7.28. The van der Waals surface area contributed by atoms with E-state index in [-0.39, 0.29) is 5.91 Å². The molecule has 2 aromatic carbocycles. The number of fused-ring (bicyclic) bond motifs is 1. The number of hydrogen-bond acceptors (Lipinski definition) is 3. The van der Waals surface area contributed by atoms with Crippen LogP contribution in [0.15, 0.2) is 28.7 Å². The minimum absolute atomic E-state index is 0.136. The minimum atomic E-state index is -0.136. The number of hydrogen-bond donors (Lipinski definition) is 1. The molecule has 1 amide bonds. The summed E-state index contributed by atoms with van der Waals surface area (Å²) in [5.74, 6) is 1.23. The van der Waals surface area contributed by atoms with E-state index in [1.807, 2.05) is 39.0 Å². The summed E-state index contributed by atoms with van der Waals surface area (Å²) >= 11 is 3.52. The Balaban J connectivity index is 1.88. The lowest BCUT2D eigenvalue weighted by Crippen LogP contribution is -2.17. The highest BCUT2D eigenvalue weighted by Crippen LogP contribution is 2.33. The maximum absolute atomic E-state index is 12.6. The van der Waals surface area contributed by atoms with Crippen molar-refractivity contribution in [2.45, 2.75) is 20.8 Å². The van der Waals surface area contributed by atoms with E-state index in [2.05, 4.69) is 21.2 Å². The summed E-state index contributed by atoms with van der Waals surface area (Å²) in [6.07, 6.45) is 0. The van der Waals surface area contributed by atoms with E-state index in [1.165, 1.54) is 0 Å². The van der Waals surface area contributed by atoms with Crippen molar-refractivity contribution in [3.8, 4) is 11.5 Å². The fourth-order valence-electron chi connectivity index (χ4n) is 2.56. The van der Waals surface area contributed by atoms with E-state index in [0.717, 1.165) is 21.2 Å². The van der Waals surface area contributed by atoms with Gasteiger partial charge < -0.3 is 14.8 Å². The number of benzene rings is 2. The van der Waals surface area contributed by atoms with Crippen molar-refractivity contribution >= 4 is 27.5 Å². The third-order valence-electron chi connectivity index (χ3n) is 4.20. The Morgan fingerprint density at radius 2 is 1.70 bits per heavy atom. The maximum Gasteiger partial charge on any atom is 0.255 e. The van der Waals surface area contributed by atoms with Crippen LogP contribution in [0.4, 0.5) is 5.69 Å². The van der Waals surface area contributed by atoms with Crippen molar-refractivity contribution in [3.63, 3.8) is 0 Å². The third-order valence-corrected chi connectivity index (χ3v) is 5.03. The molecule has 3 rings (SSSR count). The number of halogens is 1. The number of nitrogens with one attached hydrogen (secondary N) is 1. The summed E-state index contributed by atoms with van der Waals surface area (Å²) < 4.78 is 12.0. The second-order valence-corrected chi connectivity index (χ2v) is 6.45. The van der Waals surface area contributed by atoms with Crippen LogP contribution in [0.5, 0.6) is 11.5 Å². The zero-order valence-electron chi connectivity index (χ0n) is 13.3. The summed E-state index contributed by atoms with van der Waals surface area (Å²) in [4.78, 5) is 12.6. The van der Waals surface area contributed by atoms with Gasteiger partial charge in [-0.25, -0.2) is 0 Å². The van der Waals surface area contributed by atoms with Gasteiger partial charge in [-0.1, -0.05) is 15.9 Å². The normalized spacial score (nSPS) is 12.9. The van der Waals surface area contributed by atoms with E-state index in [1.54, 1.807) is 6.07 Å². The lowest BCUT2D eigenvalue weighted by molar-refractivity contribution is 0.102. The molecule has 1 aliphatic rings. The van der Waals surface area contributed by atoms with E-state index in [4.69, 9.17) is 9.47 Å². The van der Waals surface area contributed by atoms with Crippen LogP contribution in [0, 0.1) is 20.8 Å². The number of carbonyl (C=O) groups is 1. The number of ether oxygens (including phenoxy) is 2. The first-order valence-electron chi connectivity index (χ1n) is 7.44. The predicted molar refractivity (Wildman–Crippen MR) is 93.7 cm³/mol. The Bertz CT molecular complexity index is 786. The molecule has 0 spiro atoms. The van der Waals surface area contributed by atoms with Crippen molar-refractivity contribution in [1.82, 2.24) is 0 Å². The second kappa shape index (κ2) is 6.24. The van der Waals surface area contributed by atoms with Gasteiger partial charge in [0, 0.05) is 21.8 Å². The molecule has 0 aromatic heterocycles. The highest BCUT2D eigenvalue weighted by atomic mass is 79.9. The van der Waals surface area contributed by atoms with Gasteiger partial charge >= 0.3 is 0 Å². The van der Waals surface area contributed by atoms with Crippen molar-refractivity contribution in [2.24, 2.45) is 0 Å². The van der Waals surface area contributed by atoms with Gasteiger partial charge in [0.15, 0.2) is 11.5 Å². The number of carbonyl (C=O) groups excluding carboxylic acids is 1. The van der Waals surface area contributed by atoms with Crippen molar-refractivity contribution in [2.75, 3.05) is 18.5 Å². The number of rotatable bonds is 2. The van der Waals surface area contributed by atoms with Gasteiger partial charge in [-0.05, 0) is 55.7 Å². The molecular weight excluding hydrogens is 358 g/mol. The molecule has 2 aromatic rings. The van der Waals surface area contributed by atoms with Crippen molar-refractivity contribution in [1.29, 1.82) is 0 Å². The van der Waals surface area contributed by atoms with Crippen LogP contribution in [-0.4, -0.2) is 19.1 Å². The van der Waals surface area contributed by atoms with Crippen LogP contribution in [0.1, 0.15) is 27.0 Å². The van der Waals surface area contributed by atoms with Crippen LogP contribution in [-0.2, 0) is 0 Å². The molecule has 0 saturated heterocycles.